The lowest BCUT2D eigenvalue weighted by molar-refractivity contribution is 0.444. The van der Waals surface area contributed by atoms with Crippen molar-refractivity contribution in [3.63, 3.8) is 0 Å². The standard InChI is InChI=1S/C26H38O2/c1-10-11-18(19-14-23(27)21(12-16(19)2)25(4,5)6)20-15-24(28)22(13-17(20)3)26(7,8)9/h12-15,18,27-28H,10-11H2,1-9H3. The Kier molecular flexibility index (Phi) is 6.23. The van der Waals surface area contributed by atoms with Gasteiger partial charge in [0.1, 0.15) is 11.5 Å². The number of hydrogen-bond donors (Lipinski definition) is 2. The van der Waals surface area contributed by atoms with E-state index in [1.165, 1.54) is 11.1 Å². The highest BCUT2D eigenvalue weighted by molar-refractivity contribution is 5.52. The summed E-state index contributed by atoms with van der Waals surface area (Å²) >= 11 is 0. The fourth-order valence-corrected chi connectivity index (χ4v) is 4.14. The number of aromatic hydroxyl groups is 2. The van der Waals surface area contributed by atoms with Crippen LogP contribution < -0.4 is 0 Å². The van der Waals surface area contributed by atoms with E-state index in [-0.39, 0.29) is 16.7 Å². The first kappa shape index (κ1) is 22.3. The Balaban J connectivity index is 2.65. The van der Waals surface area contributed by atoms with Gasteiger partial charge in [-0.3, -0.25) is 0 Å². The average Bonchev–Trinajstić information content (AvgIpc) is 2.54. The van der Waals surface area contributed by atoms with Crippen LogP contribution in [0.1, 0.15) is 101 Å². The summed E-state index contributed by atoms with van der Waals surface area (Å²) in [6, 6.07) is 8.16. The molecular weight excluding hydrogens is 344 g/mol. The van der Waals surface area contributed by atoms with Gasteiger partial charge in [-0.05, 0) is 76.6 Å². The third kappa shape index (κ3) is 4.54. The van der Waals surface area contributed by atoms with Gasteiger partial charge < -0.3 is 10.2 Å². The first-order valence-electron chi connectivity index (χ1n) is 10.4. The van der Waals surface area contributed by atoms with Gasteiger partial charge in [-0.15, -0.1) is 0 Å². The first-order valence-corrected chi connectivity index (χ1v) is 10.4. The second-order valence-corrected chi connectivity index (χ2v) is 10.3. The van der Waals surface area contributed by atoms with Gasteiger partial charge >= 0.3 is 0 Å². The summed E-state index contributed by atoms with van der Waals surface area (Å²) in [7, 11) is 0. The maximum absolute atomic E-state index is 10.7. The lowest BCUT2D eigenvalue weighted by atomic mass is 9.77. The minimum absolute atomic E-state index is 0.101. The van der Waals surface area contributed by atoms with Gasteiger partial charge in [0, 0.05) is 5.92 Å². The van der Waals surface area contributed by atoms with Crippen molar-refractivity contribution in [3.8, 4) is 11.5 Å². The normalized spacial score (nSPS) is 12.6. The largest absolute Gasteiger partial charge is 0.508 e. The number of phenolic OH excluding ortho intramolecular Hbond substituents is 2. The molecule has 0 spiro atoms. The van der Waals surface area contributed by atoms with Gasteiger partial charge in [-0.2, -0.15) is 0 Å². The molecule has 0 radical (unpaired) electrons. The number of aryl methyl sites for hydroxylation is 2. The number of hydrogen-bond acceptors (Lipinski definition) is 2. The van der Waals surface area contributed by atoms with Crippen LogP contribution >= 0.6 is 0 Å². The monoisotopic (exact) mass is 382 g/mol. The van der Waals surface area contributed by atoms with Crippen LogP contribution in [0.15, 0.2) is 24.3 Å². The number of phenols is 2. The summed E-state index contributed by atoms with van der Waals surface area (Å²) in [6.45, 7) is 19.2. The zero-order chi connectivity index (χ0) is 21.4. The zero-order valence-corrected chi connectivity index (χ0v) is 19.2. The molecule has 0 saturated carbocycles. The summed E-state index contributed by atoms with van der Waals surface area (Å²) < 4.78 is 0. The van der Waals surface area contributed by atoms with E-state index >= 15 is 0 Å². The first-order chi connectivity index (χ1) is 12.8. The summed E-state index contributed by atoms with van der Waals surface area (Å²) in [5.41, 5.74) is 6.45. The summed E-state index contributed by atoms with van der Waals surface area (Å²) in [5, 5.41) is 21.5. The van der Waals surface area contributed by atoms with Crippen LogP contribution in [-0.4, -0.2) is 10.2 Å². The Bertz CT molecular complexity index is 779. The molecule has 0 fully saturated rings. The van der Waals surface area contributed by atoms with E-state index in [2.05, 4.69) is 74.4 Å². The SMILES string of the molecule is CCCC(c1cc(O)c(C(C)(C)C)cc1C)c1cc(O)c(C(C)(C)C)cc1C. The Morgan fingerprint density at radius 1 is 0.714 bits per heavy atom. The van der Waals surface area contributed by atoms with E-state index in [0.717, 1.165) is 35.1 Å². The van der Waals surface area contributed by atoms with Gasteiger partial charge in [0.15, 0.2) is 0 Å². The molecule has 2 heteroatoms. The molecule has 2 N–H and O–H groups in total. The van der Waals surface area contributed by atoms with Crippen LogP contribution in [0.4, 0.5) is 0 Å². The third-order valence-electron chi connectivity index (χ3n) is 5.71. The fourth-order valence-electron chi connectivity index (χ4n) is 4.14. The molecule has 0 aliphatic rings. The maximum atomic E-state index is 10.7. The quantitative estimate of drug-likeness (QED) is 0.585. The number of rotatable bonds is 4. The molecule has 2 rings (SSSR count). The lowest BCUT2D eigenvalue weighted by Crippen LogP contribution is -2.15. The van der Waals surface area contributed by atoms with Crippen molar-refractivity contribution >= 4 is 0 Å². The Labute approximate surface area is 171 Å². The zero-order valence-electron chi connectivity index (χ0n) is 19.2. The fraction of sp³-hybridized carbons (Fsp3) is 0.538. The van der Waals surface area contributed by atoms with E-state index in [0.29, 0.717) is 11.5 Å². The van der Waals surface area contributed by atoms with Gasteiger partial charge in [0.25, 0.3) is 0 Å². The van der Waals surface area contributed by atoms with E-state index < -0.39 is 0 Å². The molecule has 154 valence electrons. The third-order valence-corrected chi connectivity index (χ3v) is 5.71. The van der Waals surface area contributed by atoms with Crippen LogP contribution in [0, 0.1) is 13.8 Å². The average molecular weight is 383 g/mol. The second kappa shape index (κ2) is 7.81. The minimum atomic E-state index is -0.101. The van der Waals surface area contributed by atoms with Crippen molar-refractivity contribution in [1.29, 1.82) is 0 Å². The van der Waals surface area contributed by atoms with Crippen LogP contribution in [0.25, 0.3) is 0 Å². The Hall–Kier alpha value is -1.96. The molecular formula is C26H38O2. The molecule has 0 heterocycles. The van der Waals surface area contributed by atoms with E-state index in [1.807, 2.05) is 12.1 Å². The van der Waals surface area contributed by atoms with E-state index in [9.17, 15) is 10.2 Å². The molecule has 0 aromatic heterocycles. The van der Waals surface area contributed by atoms with E-state index in [4.69, 9.17) is 0 Å². The van der Waals surface area contributed by atoms with Crippen LogP contribution in [0.3, 0.4) is 0 Å². The van der Waals surface area contributed by atoms with Gasteiger partial charge in [-0.1, -0.05) is 67.0 Å². The van der Waals surface area contributed by atoms with Crippen LogP contribution in [0.2, 0.25) is 0 Å². The molecule has 0 aliphatic heterocycles. The molecule has 0 atom stereocenters. The molecule has 0 saturated heterocycles. The molecule has 28 heavy (non-hydrogen) atoms. The highest BCUT2D eigenvalue weighted by Crippen LogP contribution is 2.42. The van der Waals surface area contributed by atoms with Crippen molar-refractivity contribution in [3.05, 3.63) is 57.6 Å². The highest BCUT2D eigenvalue weighted by Gasteiger charge is 2.26. The predicted octanol–water partition coefficient (Wildman–Crippen LogP) is 7.24. The smallest absolute Gasteiger partial charge is 0.119 e. The molecule has 2 aromatic rings. The van der Waals surface area contributed by atoms with Crippen molar-refractivity contribution < 1.29 is 10.2 Å². The van der Waals surface area contributed by atoms with Crippen LogP contribution in [0.5, 0.6) is 11.5 Å². The van der Waals surface area contributed by atoms with Crippen molar-refractivity contribution in [2.24, 2.45) is 0 Å². The van der Waals surface area contributed by atoms with Crippen LogP contribution in [-0.2, 0) is 10.8 Å². The topological polar surface area (TPSA) is 40.5 Å². The maximum Gasteiger partial charge on any atom is 0.119 e. The summed E-state index contributed by atoms with van der Waals surface area (Å²) in [6.07, 6.45) is 2.01. The molecule has 2 aromatic carbocycles. The summed E-state index contributed by atoms with van der Waals surface area (Å²) in [5.74, 6) is 0.884. The van der Waals surface area contributed by atoms with Crippen molar-refractivity contribution in [1.82, 2.24) is 0 Å². The highest BCUT2D eigenvalue weighted by atomic mass is 16.3. The van der Waals surface area contributed by atoms with Gasteiger partial charge in [0.05, 0.1) is 0 Å². The van der Waals surface area contributed by atoms with Crippen molar-refractivity contribution in [2.75, 3.05) is 0 Å². The predicted molar refractivity (Wildman–Crippen MR) is 120 cm³/mol. The number of benzene rings is 2. The van der Waals surface area contributed by atoms with E-state index in [1.54, 1.807) is 0 Å². The molecule has 0 bridgehead atoms. The van der Waals surface area contributed by atoms with Gasteiger partial charge in [0.2, 0.25) is 0 Å². The lowest BCUT2D eigenvalue weighted by Gasteiger charge is -2.28. The van der Waals surface area contributed by atoms with Gasteiger partial charge in [-0.25, -0.2) is 0 Å². The Morgan fingerprint density at radius 2 is 1.07 bits per heavy atom. The second-order valence-electron chi connectivity index (χ2n) is 10.3. The molecule has 0 amide bonds. The Morgan fingerprint density at radius 3 is 1.36 bits per heavy atom. The summed E-state index contributed by atoms with van der Waals surface area (Å²) in [4.78, 5) is 0. The minimum Gasteiger partial charge on any atom is -0.508 e. The molecule has 0 unspecified atom stereocenters. The van der Waals surface area contributed by atoms with Crippen molar-refractivity contribution in [2.45, 2.75) is 91.9 Å². The molecule has 0 aliphatic carbocycles. The molecule has 2 nitrogen and oxygen atoms in total.